The molecular weight excluding hydrogens is 511 g/mol. The lowest BCUT2D eigenvalue weighted by molar-refractivity contribution is -0.137. The Morgan fingerprint density at radius 3 is 2.39 bits per heavy atom. The Labute approximate surface area is 217 Å². The molecule has 3 rings (SSSR count). The molecule has 0 bridgehead atoms. The molecule has 1 aromatic rings. The van der Waals surface area contributed by atoms with Gasteiger partial charge in [-0.15, -0.1) is 0 Å². The van der Waals surface area contributed by atoms with Gasteiger partial charge in [0.1, 0.15) is 5.60 Å². The van der Waals surface area contributed by atoms with Gasteiger partial charge in [0.2, 0.25) is 5.91 Å². The first-order chi connectivity index (χ1) is 17.7. The van der Waals surface area contributed by atoms with Gasteiger partial charge in [-0.1, -0.05) is 0 Å². The first-order valence-corrected chi connectivity index (χ1v) is 12.1. The van der Waals surface area contributed by atoms with E-state index in [9.17, 15) is 32.3 Å². The highest BCUT2D eigenvalue weighted by atomic mass is 19.4. The summed E-state index contributed by atoms with van der Waals surface area (Å²) >= 11 is 0. The van der Waals surface area contributed by atoms with Crippen molar-refractivity contribution in [1.82, 2.24) is 20.9 Å². The second kappa shape index (κ2) is 11.9. The van der Waals surface area contributed by atoms with E-state index >= 15 is 0 Å². The number of likely N-dealkylation sites (tertiary alicyclic amines) is 1. The Balaban J connectivity index is 1.63. The van der Waals surface area contributed by atoms with Gasteiger partial charge < -0.3 is 35.6 Å². The quantitative estimate of drug-likeness (QED) is 0.435. The van der Waals surface area contributed by atoms with E-state index in [0.717, 1.165) is 18.6 Å². The molecule has 2 fully saturated rings. The molecule has 2 aliphatic heterocycles. The molecule has 0 unspecified atom stereocenters. The van der Waals surface area contributed by atoms with Gasteiger partial charge in [-0.25, -0.2) is 9.59 Å². The van der Waals surface area contributed by atoms with Gasteiger partial charge in [0.25, 0.3) is 5.91 Å². The first-order valence-electron chi connectivity index (χ1n) is 12.1. The number of carbonyl (C=O) groups excluding carboxylic acids is 4. The lowest BCUT2D eigenvalue weighted by atomic mass is 10.0. The van der Waals surface area contributed by atoms with E-state index in [4.69, 9.17) is 9.47 Å². The number of nitrogens with zero attached hydrogens (tertiary/aromatic N) is 1. The van der Waals surface area contributed by atoms with Crippen LogP contribution in [0.15, 0.2) is 18.2 Å². The number of amides is 5. The number of benzene rings is 1. The zero-order chi connectivity index (χ0) is 28.1. The molecule has 0 saturated carbocycles. The zero-order valence-electron chi connectivity index (χ0n) is 21.4. The molecule has 38 heavy (non-hydrogen) atoms. The minimum absolute atomic E-state index is 0.0977. The summed E-state index contributed by atoms with van der Waals surface area (Å²) in [5.41, 5.74) is -2.35. The van der Waals surface area contributed by atoms with E-state index in [2.05, 4.69) is 21.3 Å². The van der Waals surface area contributed by atoms with Gasteiger partial charge in [-0.3, -0.25) is 9.59 Å². The van der Waals surface area contributed by atoms with Crippen molar-refractivity contribution >= 4 is 29.6 Å². The standard InChI is InChI=1S/C24H32F3N5O6/c1-23(2,3)38-22(36)31-17-7-10-37-13-18(17)29-19(33)12-28-20(34)15-11-14(24(25,26)27)5-6-16(15)30-21(35)32-8-4-9-32/h5-6,11,17-18H,4,7-10,12-13H2,1-3H3,(H,28,34)(H,29,33)(H,30,35)(H,31,36)/t17-,18+/m0/s1. The number of anilines is 1. The first kappa shape index (κ1) is 29.0. The summed E-state index contributed by atoms with van der Waals surface area (Å²) in [4.78, 5) is 51.2. The second-order valence-corrected chi connectivity index (χ2v) is 10.0. The molecule has 2 atom stereocenters. The number of ether oxygens (including phenoxy) is 2. The van der Waals surface area contributed by atoms with Crippen molar-refractivity contribution in [1.29, 1.82) is 0 Å². The van der Waals surface area contributed by atoms with E-state index in [1.807, 2.05) is 0 Å². The summed E-state index contributed by atoms with van der Waals surface area (Å²) in [6.07, 6.45) is -4.16. The zero-order valence-corrected chi connectivity index (χ0v) is 21.4. The summed E-state index contributed by atoms with van der Waals surface area (Å²) in [6.45, 7) is 6.03. The number of hydrogen-bond acceptors (Lipinski definition) is 6. The molecule has 0 aliphatic carbocycles. The normalized spacial score (nSPS) is 19.6. The van der Waals surface area contributed by atoms with Crippen molar-refractivity contribution in [3.05, 3.63) is 29.3 Å². The van der Waals surface area contributed by atoms with Crippen LogP contribution in [-0.4, -0.2) is 79.4 Å². The van der Waals surface area contributed by atoms with Gasteiger partial charge in [0.05, 0.1) is 42.0 Å². The van der Waals surface area contributed by atoms with Gasteiger partial charge in [-0.2, -0.15) is 13.2 Å². The Kier molecular flexibility index (Phi) is 9.07. The minimum atomic E-state index is -4.72. The predicted octanol–water partition coefficient (Wildman–Crippen LogP) is 2.47. The smallest absolute Gasteiger partial charge is 0.416 e. The van der Waals surface area contributed by atoms with Crippen LogP contribution in [0.2, 0.25) is 0 Å². The summed E-state index contributed by atoms with van der Waals surface area (Å²) in [7, 11) is 0. The Morgan fingerprint density at radius 2 is 1.79 bits per heavy atom. The fourth-order valence-electron chi connectivity index (χ4n) is 3.76. The van der Waals surface area contributed by atoms with E-state index < -0.39 is 65.5 Å². The van der Waals surface area contributed by atoms with Gasteiger partial charge in [-0.05, 0) is 51.8 Å². The third kappa shape index (κ3) is 8.23. The number of alkyl halides is 3. The number of hydrogen-bond donors (Lipinski definition) is 4. The average Bonchev–Trinajstić information content (AvgIpc) is 2.75. The highest BCUT2D eigenvalue weighted by Crippen LogP contribution is 2.32. The van der Waals surface area contributed by atoms with Crippen molar-refractivity contribution in [3.8, 4) is 0 Å². The van der Waals surface area contributed by atoms with E-state index in [1.54, 1.807) is 20.8 Å². The van der Waals surface area contributed by atoms with Crippen LogP contribution in [0.5, 0.6) is 0 Å². The lowest BCUT2D eigenvalue weighted by Gasteiger charge is -2.33. The van der Waals surface area contributed by atoms with Crippen LogP contribution in [0.3, 0.4) is 0 Å². The highest BCUT2D eigenvalue weighted by Gasteiger charge is 2.33. The largest absolute Gasteiger partial charge is 0.444 e. The van der Waals surface area contributed by atoms with Crippen LogP contribution in [0.4, 0.5) is 28.4 Å². The van der Waals surface area contributed by atoms with E-state index in [-0.39, 0.29) is 12.3 Å². The van der Waals surface area contributed by atoms with Gasteiger partial charge >= 0.3 is 18.3 Å². The molecule has 14 heteroatoms. The summed E-state index contributed by atoms with van der Waals surface area (Å²) in [5, 5.41) is 10.1. The molecule has 0 aromatic heterocycles. The van der Waals surface area contributed by atoms with Crippen molar-refractivity contribution in [2.75, 3.05) is 38.2 Å². The third-order valence-corrected chi connectivity index (χ3v) is 5.79. The number of urea groups is 1. The molecule has 5 amide bonds. The fraction of sp³-hybridized carbons (Fsp3) is 0.583. The van der Waals surface area contributed by atoms with Crippen molar-refractivity contribution in [3.63, 3.8) is 0 Å². The van der Waals surface area contributed by atoms with Crippen LogP contribution in [0.1, 0.15) is 49.5 Å². The number of rotatable bonds is 6. The minimum Gasteiger partial charge on any atom is -0.444 e. The number of alkyl carbamates (subject to hydrolysis) is 1. The van der Waals surface area contributed by atoms with Crippen molar-refractivity contribution < 1.29 is 41.8 Å². The monoisotopic (exact) mass is 543 g/mol. The number of halogens is 3. The highest BCUT2D eigenvalue weighted by molar-refractivity contribution is 6.04. The molecule has 210 valence electrons. The maximum Gasteiger partial charge on any atom is 0.416 e. The maximum atomic E-state index is 13.3. The van der Waals surface area contributed by atoms with Crippen LogP contribution < -0.4 is 21.3 Å². The van der Waals surface area contributed by atoms with Crippen molar-refractivity contribution in [2.24, 2.45) is 0 Å². The Hall–Kier alpha value is -3.55. The molecule has 1 aromatic carbocycles. The fourth-order valence-corrected chi connectivity index (χ4v) is 3.76. The SMILES string of the molecule is CC(C)(C)OC(=O)N[C@H]1CCOC[C@H]1NC(=O)CNC(=O)c1cc(C(F)(F)F)ccc1NC(=O)N1CCC1. The molecule has 11 nitrogen and oxygen atoms in total. The van der Waals surface area contributed by atoms with Crippen LogP contribution in [-0.2, 0) is 20.4 Å². The topological polar surface area (TPSA) is 138 Å². The summed E-state index contributed by atoms with van der Waals surface area (Å²) < 4.78 is 50.4. The lowest BCUT2D eigenvalue weighted by Crippen LogP contribution is -2.58. The van der Waals surface area contributed by atoms with Crippen LogP contribution in [0, 0.1) is 0 Å². The molecule has 0 spiro atoms. The Bertz CT molecular complexity index is 1050. The number of carbonyl (C=O) groups is 4. The van der Waals surface area contributed by atoms with Crippen molar-refractivity contribution in [2.45, 2.75) is 57.5 Å². The summed E-state index contributed by atoms with van der Waals surface area (Å²) in [5.74, 6) is -1.63. The third-order valence-electron chi connectivity index (χ3n) is 5.79. The molecular formula is C24H32F3N5O6. The van der Waals surface area contributed by atoms with E-state index in [1.165, 1.54) is 4.90 Å². The van der Waals surface area contributed by atoms with Crippen LogP contribution in [0.25, 0.3) is 0 Å². The molecule has 2 saturated heterocycles. The van der Waals surface area contributed by atoms with Gasteiger partial charge in [0, 0.05) is 19.7 Å². The predicted molar refractivity (Wildman–Crippen MR) is 130 cm³/mol. The van der Waals surface area contributed by atoms with Gasteiger partial charge in [0.15, 0.2) is 0 Å². The molecule has 2 heterocycles. The summed E-state index contributed by atoms with van der Waals surface area (Å²) in [6, 6.07) is 0.723. The molecule has 2 aliphatic rings. The Morgan fingerprint density at radius 1 is 1.08 bits per heavy atom. The van der Waals surface area contributed by atoms with E-state index in [0.29, 0.717) is 32.2 Å². The number of nitrogens with one attached hydrogen (secondary N) is 4. The molecule has 4 N–H and O–H groups in total. The second-order valence-electron chi connectivity index (χ2n) is 10.0. The average molecular weight is 544 g/mol. The van der Waals surface area contributed by atoms with Crippen LogP contribution >= 0.6 is 0 Å². The maximum absolute atomic E-state index is 13.3. The molecule has 0 radical (unpaired) electrons.